The van der Waals surface area contributed by atoms with Crippen LogP contribution >= 0.6 is 15.9 Å². The maximum absolute atomic E-state index is 11.8. The Hall–Kier alpha value is -1.36. The SMILES string of the molecule is O=C(CN1CCOC1=O)c1cccc(Br)c1. The third-order valence-electron chi connectivity index (χ3n) is 2.33. The van der Waals surface area contributed by atoms with E-state index in [1.807, 2.05) is 6.07 Å². The second-order valence-electron chi connectivity index (χ2n) is 3.47. The van der Waals surface area contributed by atoms with Gasteiger partial charge in [0.05, 0.1) is 13.1 Å². The first kappa shape index (κ1) is 11.1. The van der Waals surface area contributed by atoms with Gasteiger partial charge in [-0.2, -0.15) is 0 Å². The monoisotopic (exact) mass is 283 g/mol. The summed E-state index contributed by atoms with van der Waals surface area (Å²) in [5.41, 5.74) is 0.592. The maximum atomic E-state index is 11.8. The van der Waals surface area contributed by atoms with E-state index in [9.17, 15) is 9.59 Å². The lowest BCUT2D eigenvalue weighted by atomic mass is 10.1. The topological polar surface area (TPSA) is 46.6 Å². The van der Waals surface area contributed by atoms with Crippen molar-refractivity contribution in [3.8, 4) is 0 Å². The van der Waals surface area contributed by atoms with Gasteiger partial charge < -0.3 is 4.74 Å². The molecular weight excluding hydrogens is 274 g/mol. The van der Waals surface area contributed by atoms with Gasteiger partial charge in [-0.05, 0) is 12.1 Å². The molecule has 0 unspecified atom stereocenters. The van der Waals surface area contributed by atoms with Gasteiger partial charge in [0.15, 0.2) is 5.78 Å². The number of nitrogens with zero attached hydrogens (tertiary/aromatic N) is 1. The molecule has 1 aliphatic rings. The average Bonchev–Trinajstić information content (AvgIpc) is 2.64. The number of ketones is 1. The smallest absolute Gasteiger partial charge is 0.410 e. The number of Topliss-reactive ketones (excluding diaryl/α,β-unsaturated/α-hetero) is 1. The van der Waals surface area contributed by atoms with Crippen LogP contribution in [0.5, 0.6) is 0 Å². The molecule has 2 rings (SSSR count). The molecule has 1 saturated heterocycles. The molecule has 84 valence electrons. The third-order valence-corrected chi connectivity index (χ3v) is 2.82. The molecule has 16 heavy (non-hydrogen) atoms. The summed E-state index contributed by atoms with van der Waals surface area (Å²) in [5.74, 6) is -0.0832. The number of carbonyl (C=O) groups excluding carboxylic acids is 2. The van der Waals surface area contributed by atoms with Gasteiger partial charge in [-0.15, -0.1) is 0 Å². The van der Waals surface area contributed by atoms with E-state index in [1.165, 1.54) is 4.90 Å². The van der Waals surface area contributed by atoms with Crippen LogP contribution in [-0.4, -0.2) is 36.5 Å². The largest absolute Gasteiger partial charge is 0.448 e. The van der Waals surface area contributed by atoms with E-state index >= 15 is 0 Å². The van der Waals surface area contributed by atoms with Gasteiger partial charge in [0.1, 0.15) is 6.61 Å². The lowest BCUT2D eigenvalue weighted by molar-refractivity contribution is 0.0943. The fourth-order valence-electron chi connectivity index (χ4n) is 1.50. The zero-order valence-electron chi connectivity index (χ0n) is 8.48. The normalized spacial score (nSPS) is 15.1. The van der Waals surface area contributed by atoms with Crippen molar-refractivity contribution in [2.75, 3.05) is 19.7 Å². The Balaban J connectivity index is 2.05. The molecular formula is C11H10BrNO3. The van der Waals surface area contributed by atoms with Gasteiger partial charge in [0, 0.05) is 10.0 Å². The van der Waals surface area contributed by atoms with Gasteiger partial charge in [-0.1, -0.05) is 28.1 Å². The van der Waals surface area contributed by atoms with Crippen LogP contribution in [0.4, 0.5) is 4.79 Å². The average molecular weight is 284 g/mol. The number of cyclic esters (lactones) is 1. The van der Waals surface area contributed by atoms with Crippen molar-refractivity contribution < 1.29 is 14.3 Å². The highest BCUT2D eigenvalue weighted by molar-refractivity contribution is 9.10. The van der Waals surface area contributed by atoms with Crippen LogP contribution in [0.25, 0.3) is 0 Å². The van der Waals surface area contributed by atoms with E-state index in [4.69, 9.17) is 4.74 Å². The van der Waals surface area contributed by atoms with Crippen molar-refractivity contribution in [1.29, 1.82) is 0 Å². The molecule has 1 aromatic carbocycles. The number of hydrogen-bond acceptors (Lipinski definition) is 3. The second kappa shape index (κ2) is 4.65. The predicted molar refractivity (Wildman–Crippen MR) is 61.4 cm³/mol. The van der Waals surface area contributed by atoms with Crippen LogP contribution in [0.2, 0.25) is 0 Å². The predicted octanol–water partition coefficient (Wildman–Crippen LogP) is 2.08. The van der Waals surface area contributed by atoms with Crippen molar-refractivity contribution in [3.63, 3.8) is 0 Å². The number of carbonyl (C=O) groups is 2. The number of benzene rings is 1. The molecule has 1 aliphatic heterocycles. The molecule has 0 spiro atoms. The van der Waals surface area contributed by atoms with E-state index in [0.717, 1.165) is 4.47 Å². The first-order chi connectivity index (χ1) is 7.66. The molecule has 4 nitrogen and oxygen atoms in total. The quantitative estimate of drug-likeness (QED) is 0.798. The molecule has 5 heteroatoms. The van der Waals surface area contributed by atoms with E-state index < -0.39 is 6.09 Å². The summed E-state index contributed by atoms with van der Waals surface area (Å²) in [5, 5.41) is 0. The van der Waals surface area contributed by atoms with E-state index in [1.54, 1.807) is 18.2 Å². The summed E-state index contributed by atoms with van der Waals surface area (Å²) in [6.07, 6.45) is -0.414. The minimum Gasteiger partial charge on any atom is -0.448 e. The summed E-state index contributed by atoms with van der Waals surface area (Å²) in [6, 6.07) is 7.11. The molecule has 0 aliphatic carbocycles. The highest BCUT2D eigenvalue weighted by atomic mass is 79.9. The molecule has 0 N–H and O–H groups in total. The minimum atomic E-state index is -0.414. The highest BCUT2D eigenvalue weighted by Crippen LogP contribution is 2.13. The number of ether oxygens (including phenoxy) is 1. The summed E-state index contributed by atoms with van der Waals surface area (Å²) >= 11 is 3.30. The summed E-state index contributed by atoms with van der Waals surface area (Å²) < 4.78 is 5.60. The Morgan fingerprint density at radius 3 is 2.94 bits per heavy atom. The van der Waals surface area contributed by atoms with Crippen LogP contribution in [0.15, 0.2) is 28.7 Å². The highest BCUT2D eigenvalue weighted by Gasteiger charge is 2.24. The van der Waals surface area contributed by atoms with Gasteiger partial charge in [0.2, 0.25) is 0 Å². The van der Waals surface area contributed by atoms with Gasteiger partial charge in [-0.3, -0.25) is 9.69 Å². The van der Waals surface area contributed by atoms with Crippen LogP contribution in [0.1, 0.15) is 10.4 Å². The lowest BCUT2D eigenvalue weighted by Gasteiger charge is -2.11. The number of halogens is 1. The fraction of sp³-hybridized carbons (Fsp3) is 0.273. The Labute approximate surface area is 101 Å². The number of hydrogen-bond donors (Lipinski definition) is 0. The lowest BCUT2D eigenvalue weighted by Crippen LogP contribution is -2.30. The van der Waals surface area contributed by atoms with E-state index in [-0.39, 0.29) is 12.3 Å². The van der Waals surface area contributed by atoms with Crippen LogP contribution in [0, 0.1) is 0 Å². The molecule has 1 heterocycles. The standard InChI is InChI=1S/C11H10BrNO3/c12-9-3-1-2-8(6-9)10(14)7-13-4-5-16-11(13)15/h1-3,6H,4-5,7H2. The first-order valence-electron chi connectivity index (χ1n) is 4.87. The Morgan fingerprint density at radius 1 is 1.50 bits per heavy atom. The minimum absolute atomic E-state index is 0.0787. The molecule has 0 aromatic heterocycles. The molecule has 1 amide bonds. The maximum Gasteiger partial charge on any atom is 0.410 e. The van der Waals surface area contributed by atoms with Gasteiger partial charge >= 0.3 is 6.09 Å². The zero-order valence-corrected chi connectivity index (χ0v) is 10.1. The molecule has 1 fully saturated rings. The zero-order chi connectivity index (χ0) is 11.5. The molecule has 1 aromatic rings. The van der Waals surface area contributed by atoms with Crippen molar-refractivity contribution in [1.82, 2.24) is 4.90 Å². The van der Waals surface area contributed by atoms with Crippen molar-refractivity contribution in [2.24, 2.45) is 0 Å². The summed E-state index contributed by atoms with van der Waals surface area (Å²) in [6.45, 7) is 0.929. The van der Waals surface area contributed by atoms with Gasteiger partial charge in [-0.25, -0.2) is 4.79 Å². The van der Waals surface area contributed by atoms with E-state index in [0.29, 0.717) is 18.7 Å². The van der Waals surface area contributed by atoms with Crippen molar-refractivity contribution in [2.45, 2.75) is 0 Å². The summed E-state index contributed by atoms with van der Waals surface area (Å²) in [7, 11) is 0. The molecule has 0 radical (unpaired) electrons. The van der Waals surface area contributed by atoms with E-state index in [2.05, 4.69) is 15.9 Å². The first-order valence-corrected chi connectivity index (χ1v) is 5.66. The van der Waals surface area contributed by atoms with Crippen LogP contribution < -0.4 is 0 Å². The molecule has 0 bridgehead atoms. The second-order valence-corrected chi connectivity index (χ2v) is 4.39. The van der Waals surface area contributed by atoms with Crippen LogP contribution in [-0.2, 0) is 4.74 Å². The van der Waals surface area contributed by atoms with Gasteiger partial charge in [0.25, 0.3) is 0 Å². The Kier molecular flexibility index (Phi) is 3.24. The van der Waals surface area contributed by atoms with Crippen molar-refractivity contribution in [3.05, 3.63) is 34.3 Å². The molecule has 0 saturated carbocycles. The summed E-state index contributed by atoms with van der Waals surface area (Å²) in [4.78, 5) is 24.4. The Morgan fingerprint density at radius 2 is 2.31 bits per heavy atom. The molecule has 0 atom stereocenters. The third kappa shape index (κ3) is 2.41. The van der Waals surface area contributed by atoms with Crippen molar-refractivity contribution >= 4 is 27.8 Å². The van der Waals surface area contributed by atoms with Crippen LogP contribution in [0.3, 0.4) is 0 Å². The number of amides is 1. The Bertz CT molecular complexity index is 433. The number of rotatable bonds is 3. The fourth-order valence-corrected chi connectivity index (χ4v) is 1.90.